The number of aliphatic hydroxyl groups excluding tert-OH is 3. The quantitative estimate of drug-likeness (QED) is 0.147. The second-order valence-electron chi connectivity index (χ2n) is 17.6. The lowest BCUT2D eigenvalue weighted by Crippen LogP contribution is -2.81. The molecule has 1 heterocycles. The first-order valence-corrected chi connectivity index (χ1v) is 19.3. The lowest BCUT2D eigenvalue weighted by Gasteiger charge is -2.67. The van der Waals surface area contributed by atoms with E-state index in [1.165, 1.54) is 26.0 Å². The number of ether oxygens (including phenoxy) is 5. The van der Waals surface area contributed by atoms with Crippen LogP contribution in [0, 0.1) is 16.7 Å². The molecule has 4 aliphatic rings. The van der Waals surface area contributed by atoms with Gasteiger partial charge in [0.15, 0.2) is 17.5 Å². The number of amides is 1. The fraction of sp³-hybridized carbons (Fsp3) is 0.558. The van der Waals surface area contributed by atoms with Gasteiger partial charge < -0.3 is 49.4 Å². The highest BCUT2D eigenvalue weighted by Crippen LogP contribution is 2.64. The van der Waals surface area contributed by atoms with Gasteiger partial charge in [-0.3, -0.25) is 9.59 Å². The van der Waals surface area contributed by atoms with Crippen LogP contribution >= 0.6 is 0 Å². The molecule has 2 aromatic rings. The van der Waals surface area contributed by atoms with E-state index in [1.807, 2.05) is 0 Å². The molecule has 1 amide bonds. The van der Waals surface area contributed by atoms with E-state index in [1.54, 1.807) is 83.1 Å². The van der Waals surface area contributed by atoms with E-state index in [-0.39, 0.29) is 29.7 Å². The summed E-state index contributed by atoms with van der Waals surface area (Å²) in [5.74, 6) is -5.36. The summed E-state index contributed by atoms with van der Waals surface area (Å²) in [6, 6.07) is 14.6. The van der Waals surface area contributed by atoms with E-state index in [4.69, 9.17) is 23.7 Å². The Hall–Kier alpha value is -4.67. The maximum Gasteiger partial charge on any atom is 0.408 e. The molecule has 0 radical (unpaired) electrons. The molecule has 5 N–H and O–H groups in total. The third-order valence-corrected chi connectivity index (χ3v) is 12.6. The summed E-state index contributed by atoms with van der Waals surface area (Å²) in [6.45, 7) is 11.8. The third-order valence-electron chi connectivity index (χ3n) is 12.6. The summed E-state index contributed by atoms with van der Waals surface area (Å²) in [4.78, 5) is 68.9. The number of hydrogen-bond donors (Lipinski definition) is 5. The van der Waals surface area contributed by atoms with Gasteiger partial charge in [0.05, 0.1) is 35.6 Å². The van der Waals surface area contributed by atoms with E-state index in [9.17, 15) is 44.4 Å². The second kappa shape index (κ2) is 15.2. The van der Waals surface area contributed by atoms with Crippen LogP contribution in [0.3, 0.4) is 0 Å². The van der Waals surface area contributed by atoms with Crippen molar-refractivity contribution in [2.24, 2.45) is 16.7 Å². The minimum atomic E-state index is -2.35. The van der Waals surface area contributed by atoms with Crippen LogP contribution in [-0.4, -0.2) is 110 Å². The highest BCUT2D eigenvalue weighted by molar-refractivity contribution is 5.94. The number of ketones is 1. The molecule has 58 heavy (non-hydrogen) atoms. The summed E-state index contributed by atoms with van der Waals surface area (Å²) < 4.78 is 29.5. The van der Waals surface area contributed by atoms with E-state index in [2.05, 4.69) is 5.32 Å². The number of fused-ring (bicyclic) bond motifs is 5. The minimum Gasteiger partial charge on any atom is -0.456 e. The first-order valence-electron chi connectivity index (χ1n) is 19.3. The SMILES string of the molecule is CC(=O)O[C@@]12COC1C[C@@H](O)[C@@]1(C)C(=O)C(O)C3=C(C)[C@@H](OC(=O)C(O)[C@@H](NC(=O)OC(C)(C)C)c4ccccc4)C[C@@](O)([C@@H](OC(=O)c4ccccc4)[C@@H]12)C3(C)C. The fourth-order valence-corrected chi connectivity index (χ4v) is 9.56. The van der Waals surface area contributed by atoms with E-state index < -0.39 is 112 Å². The van der Waals surface area contributed by atoms with Crippen molar-refractivity contribution in [2.75, 3.05) is 6.61 Å². The molecule has 3 aliphatic carbocycles. The van der Waals surface area contributed by atoms with Crippen LogP contribution in [0.2, 0.25) is 0 Å². The molecule has 0 spiro atoms. The van der Waals surface area contributed by atoms with Crippen molar-refractivity contribution in [3.63, 3.8) is 0 Å². The minimum absolute atomic E-state index is 0.0637. The Morgan fingerprint density at radius 2 is 1.55 bits per heavy atom. The number of esters is 3. The molecule has 15 heteroatoms. The second-order valence-corrected chi connectivity index (χ2v) is 17.6. The molecule has 1 saturated heterocycles. The molecule has 3 fully saturated rings. The van der Waals surface area contributed by atoms with Gasteiger partial charge in [0, 0.05) is 25.2 Å². The molecule has 314 valence electrons. The Kier molecular flexibility index (Phi) is 11.2. The molecule has 2 bridgehead atoms. The Labute approximate surface area is 336 Å². The van der Waals surface area contributed by atoms with E-state index in [0.29, 0.717) is 5.56 Å². The van der Waals surface area contributed by atoms with Crippen molar-refractivity contribution in [3.8, 4) is 0 Å². The van der Waals surface area contributed by atoms with Crippen molar-refractivity contribution < 1.29 is 68.1 Å². The number of alkyl carbamates (subject to hydrolysis) is 1. The monoisotopic (exact) mass is 807 g/mol. The van der Waals surface area contributed by atoms with Crippen LogP contribution in [0.1, 0.15) is 90.2 Å². The van der Waals surface area contributed by atoms with Crippen LogP contribution in [0.25, 0.3) is 0 Å². The summed E-state index contributed by atoms with van der Waals surface area (Å²) >= 11 is 0. The lowest BCUT2D eigenvalue weighted by molar-refractivity contribution is -0.346. The van der Waals surface area contributed by atoms with Gasteiger partial charge in [-0.15, -0.1) is 0 Å². The highest BCUT2D eigenvalue weighted by Gasteiger charge is 2.78. The Morgan fingerprint density at radius 1 is 0.948 bits per heavy atom. The maximum atomic E-state index is 14.9. The van der Waals surface area contributed by atoms with Crippen LogP contribution in [0.5, 0.6) is 0 Å². The van der Waals surface area contributed by atoms with Gasteiger partial charge in [0.25, 0.3) is 0 Å². The summed E-state index contributed by atoms with van der Waals surface area (Å²) in [5, 5.41) is 51.6. The van der Waals surface area contributed by atoms with Crippen LogP contribution in [0.4, 0.5) is 4.79 Å². The molecule has 2 aromatic carbocycles. The molecule has 15 nitrogen and oxygen atoms in total. The average Bonchev–Trinajstić information content (AvgIpc) is 3.14. The van der Waals surface area contributed by atoms with E-state index >= 15 is 0 Å². The first kappa shape index (κ1) is 42.9. The molecule has 0 aromatic heterocycles. The number of benzene rings is 2. The van der Waals surface area contributed by atoms with Gasteiger partial charge in [-0.1, -0.05) is 62.4 Å². The van der Waals surface area contributed by atoms with Gasteiger partial charge in [0.2, 0.25) is 0 Å². The van der Waals surface area contributed by atoms with Gasteiger partial charge in [-0.2, -0.15) is 0 Å². The van der Waals surface area contributed by atoms with Gasteiger partial charge >= 0.3 is 24.0 Å². The maximum absolute atomic E-state index is 14.9. The fourth-order valence-electron chi connectivity index (χ4n) is 9.56. The van der Waals surface area contributed by atoms with Crippen molar-refractivity contribution in [2.45, 2.75) is 128 Å². The van der Waals surface area contributed by atoms with Gasteiger partial charge in [-0.05, 0) is 63.5 Å². The zero-order valence-electron chi connectivity index (χ0n) is 33.9. The van der Waals surface area contributed by atoms with Crippen molar-refractivity contribution in [1.82, 2.24) is 5.32 Å². The Balaban J connectivity index is 1.49. The number of Topliss-reactive ketones (excluding diaryl/α,β-unsaturated/α-hetero) is 1. The standard InChI is InChI=1S/C43H53NO14/c1-22-26(55-37(51)32(48)30(24-15-11-9-12-16-24)44-38(52)58-39(3,4)5)20-43(53)35(56-36(50)25-17-13-10-14-18-25)33-41(8,34(49)31(47)29(22)40(43,6)7)27(46)19-28-42(33,21-54-28)57-23(2)45/h9-18,26-28,30-33,35,46-48,53H,19-21H2,1-8H3,(H,44,52)/t26-,27+,28?,30-,31?,32?,33-,35-,41+,42-,43+/m0/s1. The number of nitrogens with one attached hydrogen (secondary N) is 1. The third kappa shape index (κ3) is 7.10. The average molecular weight is 808 g/mol. The van der Waals surface area contributed by atoms with Gasteiger partial charge in [0.1, 0.15) is 35.6 Å². The summed E-state index contributed by atoms with van der Waals surface area (Å²) in [7, 11) is 0. The van der Waals surface area contributed by atoms with Crippen molar-refractivity contribution >= 4 is 29.8 Å². The number of aliphatic hydroxyl groups is 4. The molecule has 3 unspecified atom stereocenters. The lowest BCUT2D eigenvalue weighted by atomic mass is 9.44. The number of carbonyl (C=O) groups excluding carboxylic acids is 5. The number of carbonyl (C=O) groups is 5. The molecular weight excluding hydrogens is 754 g/mol. The van der Waals surface area contributed by atoms with Gasteiger partial charge in [-0.25, -0.2) is 14.4 Å². The zero-order valence-corrected chi connectivity index (χ0v) is 33.9. The Morgan fingerprint density at radius 3 is 2.10 bits per heavy atom. The highest BCUT2D eigenvalue weighted by atomic mass is 16.6. The molecule has 6 rings (SSSR count). The zero-order chi connectivity index (χ0) is 42.7. The largest absolute Gasteiger partial charge is 0.456 e. The van der Waals surface area contributed by atoms with Crippen LogP contribution in [0.15, 0.2) is 71.8 Å². The summed E-state index contributed by atoms with van der Waals surface area (Å²) in [5.41, 5.74) is -8.14. The molecular formula is C43H53NO14. The topological polar surface area (TPSA) is 224 Å². The first-order chi connectivity index (χ1) is 27.0. The van der Waals surface area contributed by atoms with Crippen LogP contribution in [-0.2, 0) is 38.1 Å². The molecule has 11 atom stereocenters. The smallest absolute Gasteiger partial charge is 0.408 e. The van der Waals surface area contributed by atoms with E-state index in [0.717, 1.165) is 6.92 Å². The number of rotatable bonds is 8. The molecule has 2 saturated carbocycles. The van der Waals surface area contributed by atoms with Crippen LogP contribution < -0.4 is 5.32 Å². The Bertz CT molecular complexity index is 1980. The predicted octanol–water partition coefficient (Wildman–Crippen LogP) is 3.26. The summed E-state index contributed by atoms with van der Waals surface area (Å²) in [6.07, 6.45) is -11.5. The molecule has 1 aliphatic heterocycles. The van der Waals surface area contributed by atoms with Crippen molar-refractivity contribution in [1.29, 1.82) is 0 Å². The van der Waals surface area contributed by atoms with Crippen molar-refractivity contribution in [3.05, 3.63) is 82.9 Å². The number of hydrogen-bond acceptors (Lipinski definition) is 14. The normalized spacial score (nSPS) is 33.7. The predicted molar refractivity (Wildman–Crippen MR) is 204 cm³/mol.